The molecule has 0 atom stereocenters. The van der Waals surface area contributed by atoms with Gasteiger partial charge < -0.3 is 17.0 Å². The summed E-state index contributed by atoms with van der Waals surface area (Å²) in [5, 5.41) is 9.19. The quantitative estimate of drug-likeness (QED) is 0.373. The maximum atomic E-state index is 6.75. The smallest absolute Gasteiger partial charge is 0.817 e. The first-order valence-corrected chi connectivity index (χ1v) is 6.39. The Bertz CT molecular complexity index is 708. The van der Waals surface area contributed by atoms with Gasteiger partial charge in [0.15, 0.2) is 0 Å². The molecule has 0 radical (unpaired) electrons. The molecule has 112 valence electrons. The average Bonchev–Trinajstić information content (AvgIpc) is 2.58. The molecule has 3 heteroatoms. The summed E-state index contributed by atoms with van der Waals surface area (Å²) in [6.45, 7) is 11.3. The molecular formula is C19H17IrN2. The minimum Gasteiger partial charge on any atom is -0.817 e. The topological polar surface area (TPSA) is 35.2 Å². The molecule has 2 aromatic carbocycles. The third-order valence-electron chi connectivity index (χ3n) is 2.87. The zero-order valence-corrected chi connectivity index (χ0v) is 14.8. The molecule has 0 spiro atoms. The van der Waals surface area contributed by atoms with E-state index in [1.54, 1.807) is 0 Å². The number of benzene rings is 2. The normalized spacial score (nSPS) is 8.59. The molecule has 0 unspecified atom stereocenters. The van der Waals surface area contributed by atoms with Gasteiger partial charge in [-0.3, -0.25) is 6.58 Å². The third-order valence-corrected chi connectivity index (χ3v) is 2.87. The monoisotopic (exact) mass is 466 g/mol. The number of nitrogens with zero attached hydrogens (tertiary/aromatic N) is 2. The van der Waals surface area contributed by atoms with Crippen LogP contribution in [0.15, 0.2) is 61.3 Å². The van der Waals surface area contributed by atoms with Crippen molar-refractivity contribution < 1.29 is 20.1 Å². The molecule has 0 aliphatic carbocycles. The summed E-state index contributed by atoms with van der Waals surface area (Å²) in [5.74, 6) is 0. The van der Waals surface area contributed by atoms with Gasteiger partial charge in [0.05, 0.1) is 0 Å². The molecule has 1 aromatic heterocycles. The van der Waals surface area contributed by atoms with Crippen molar-refractivity contribution in [3.63, 3.8) is 0 Å². The fraction of sp³-hybridized carbons (Fsp3) is 0.0526. The largest absolute Gasteiger partial charge is 3.00 e. The van der Waals surface area contributed by atoms with Crippen LogP contribution in [-0.4, -0.2) is 11.7 Å². The molecule has 0 amide bonds. The predicted molar refractivity (Wildman–Crippen MR) is 91.2 cm³/mol. The van der Waals surface area contributed by atoms with E-state index in [1.807, 2.05) is 24.4 Å². The fourth-order valence-corrected chi connectivity index (χ4v) is 1.96. The summed E-state index contributed by atoms with van der Waals surface area (Å²) >= 11 is 0. The number of aryl methyl sites for hydroxylation is 1. The Labute approximate surface area is 145 Å². The zero-order chi connectivity index (χ0) is 15.7. The summed E-state index contributed by atoms with van der Waals surface area (Å²) in [4.78, 5) is 4.39. The molecule has 0 aliphatic heterocycles. The number of aromatic nitrogens is 1. The van der Waals surface area contributed by atoms with Crippen LogP contribution in [0.1, 0.15) is 5.56 Å². The second-order valence-corrected chi connectivity index (χ2v) is 4.19. The van der Waals surface area contributed by atoms with Crippen molar-refractivity contribution in [1.82, 2.24) is 4.98 Å². The number of pyridine rings is 1. The summed E-state index contributed by atoms with van der Waals surface area (Å²) in [7, 11) is 0. The van der Waals surface area contributed by atoms with Crippen molar-refractivity contribution in [3.8, 4) is 11.3 Å². The predicted octanol–water partition coefficient (Wildman–Crippen LogP) is 4.87. The molecule has 3 aromatic rings. The molecule has 3 rings (SSSR count). The van der Waals surface area contributed by atoms with Crippen LogP contribution in [0.5, 0.6) is 0 Å². The van der Waals surface area contributed by atoms with Gasteiger partial charge in [0.1, 0.15) is 0 Å². The number of hydrogen-bond donors (Lipinski definition) is 0. The molecule has 1 heterocycles. The maximum Gasteiger partial charge on any atom is 3.00 e. The fourth-order valence-electron chi connectivity index (χ4n) is 1.96. The van der Waals surface area contributed by atoms with Gasteiger partial charge in [0.2, 0.25) is 0 Å². The molecule has 0 aliphatic rings. The Morgan fingerprint density at radius 1 is 1.05 bits per heavy atom. The second-order valence-electron chi connectivity index (χ2n) is 4.19. The molecule has 0 fully saturated rings. The van der Waals surface area contributed by atoms with E-state index in [2.05, 4.69) is 68.2 Å². The first-order chi connectivity index (χ1) is 10.3. The summed E-state index contributed by atoms with van der Waals surface area (Å²) in [6, 6.07) is 19.8. The van der Waals surface area contributed by atoms with Crippen LogP contribution in [0.25, 0.3) is 27.4 Å². The standard InChI is InChI=1S/C16H12N.C2H3.CH2N.Ir/c1-12-8-9-17-16(10-12)15-7-6-13-4-2-3-5-14(13)11-15;2*1-2;/h2-6,8-11H,1H3;1H,2H2;1H2;/q3*-1;+3. The van der Waals surface area contributed by atoms with E-state index in [0.717, 1.165) is 11.3 Å². The first-order valence-electron chi connectivity index (χ1n) is 6.39. The van der Waals surface area contributed by atoms with Crippen molar-refractivity contribution in [2.24, 2.45) is 0 Å². The Hall–Kier alpha value is -2.09. The van der Waals surface area contributed by atoms with Crippen LogP contribution in [0, 0.1) is 19.6 Å². The van der Waals surface area contributed by atoms with Gasteiger partial charge in [-0.1, -0.05) is 41.3 Å². The third kappa shape index (κ3) is 5.03. The van der Waals surface area contributed by atoms with E-state index >= 15 is 0 Å². The minimum absolute atomic E-state index is 0. The van der Waals surface area contributed by atoms with Crippen LogP contribution in [0.3, 0.4) is 0 Å². The van der Waals surface area contributed by atoms with Crippen molar-refractivity contribution in [3.05, 3.63) is 84.9 Å². The van der Waals surface area contributed by atoms with Gasteiger partial charge in [-0.15, -0.1) is 29.1 Å². The number of fused-ring (bicyclic) bond motifs is 1. The van der Waals surface area contributed by atoms with Crippen molar-refractivity contribution in [2.75, 3.05) is 0 Å². The SMILES string of the molecule is C=[N-].Cc1ccnc(-c2[c-]cc3ccccc3c2)c1.[CH-]=C.[Ir+3]. The molecule has 2 nitrogen and oxygen atoms in total. The van der Waals surface area contributed by atoms with Gasteiger partial charge in [0.25, 0.3) is 0 Å². The summed E-state index contributed by atoms with van der Waals surface area (Å²) in [6.07, 6.45) is 1.84. The maximum absolute atomic E-state index is 6.75. The van der Waals surface area contributed by atoms with E-state index in [9.17, 15) is 0 Å². The van der Waals surface area contributed by atoms with Gasteiger partial charge in [-0.25, -0.2) is 6.72 Å². The van der Waals surface area contributed by atoms with Crippen LogP contribution in [0.4, 0.5) is 0 Å². The molecule has 0 saturated heterocycles. The number of hydrogen-bond acceptors (Lipinski definition) is 1. The Morgan fingerprint density at radius 3 is 2.32 bits per heavy atom. The van der Waals surface area contributed by atoms with E-state index in [1.165, 1.54) is 16.3 Å². The summed E-state index contributed by atoms with van der Waals surface area (Å²) in [5.41, 5.74) is 3.25. The van der Waals surface area contributed by atoms with Gasteiger partial charge in [-0.2, -0.15) is 0 Å². The molecule has 0 saturated carbocycles. The van der Waals surface area contributed by atoms with Crippen molar-refractivity contribution in [2.45, 2.75) is 6.92 Å². The van der Waals surface area contributed by atoms with Crippen molar-refractivity contribution >= 4 is 17.5 Å². The Kier molecular flexibility index (Phi) is 9.60. The minimum atomic E-state index is 0. The summed E-state index contributed by atoms with van der Waals surface area (Å²) < 4.78 is 0. The van der Waals surface area contributed by atoms with Crippen LogP contribution < -0.4 is 0 Å². The van der Waals surface area contributed by atoms with E-state index in [0.29, 0.717) is 0 Å². The average molecular weight is 466 g/mol. The molecule has 0 N–H and O–H groups in total. The van der Waals surface area contributed by atoms with Gasteiger partial charge in [0, 0.05) is 6.20 Å². The number of rotatable bonds is 1. The van der Waals surface area contributed by atoms with Crippen LogP contribution in [-0.2, 0) is 20.1 Å². The van der Waals surface area contributed by atoms with Crippen LogP contribution in [0.2, 0.25) is 0 Å². The van der Waals surface area contributed by atoms with E-state index in [-0.39, 0.29) is 20.1 Å². The van der Waals surface area contributed by atoms with Crippen molar-refractivity contribution in [1.29, 1.82) is 0 Å². The van der Waals surface area contributed by atoms with E-state index < -0.39 is 0 Å². The Morgan fingerprint density at radius 2 is 1.68 bits per heavy atom. The molecule has 0 bridgehead atoms. The van der Waals surface area contributed by atoms with E-state index in [4.69, 9.17) is 5.41 Å². The Balaban J connectivity index is 0.000000819. The zero-order valence-electron chi connectivity index (χ0n) is 12.4. The van der Waals surface area contributed by atoms with Crippen LogP contribution >= 0.6 is 0 Å². The molecule has 22 heavy (non-hydrogen) atoms. The second kappa shape index (κ2) is 10.6. The van der Waals surface area contributed by atoms with Gasteiger partial charge >= 0.3 is 20.1 Å². The first kappa shape index (κ1) is 19.9. The molecular weight excluding hydrogens is 448 g/mol. The van der Waals surface area contributed by atoms with Gasteiger partial charge in [-0.05, 0) is 18.7 Å².